The molecular formula is C17H16F3NO4S. The number of esters is 1. The van der Waals surface area contributed by atoms with Crippen molar-refractivity contribution in [2.45, 2.75) is 24.6 Å². The SMILES string of the molecule is CCNS(=O)(=O)c1cccc(C(=O)OCc2cccc(C(F)(F)F)c2)c1. The highest BCUT2D eigenvalue weighted by molar-refractivity contribution is 7.89. The Morgan fingerprint density at radius 1 is 1.12 bits per heavy atom. The molecule has 0 fully saturated rings. The monoisotopic (exact) mass is 387 g/mol. The van der Waals surface area contributed by atoms with Crippen LogP contribution in [0.4, 0.5) is 13.2 Å². The minimum Gasteiger partial charge on any atom is -0.457 e. The Balaban J connectivity index is 2.12. The predicted molar refractivity (Wildman–Crippen MR) is 87.9 cm³/mol. The maximum Gasteiger partial charge on any atom is 0.416 e. The maximum absolute atomic E-state index is 12.7. The van der Waals surface area contributed by atoms with Crippen LogP contribution in [0.25, 0.3) is 0 Å². The van der Waals surface area contributed by atoms with Crippen LogP contribution in [-0.2, 0) is 27.5 Å². The third-order valence-electron chi connectivity index (χ3n) is 3.34. The van der Waals surface area contributed by atoms with Crippen molar-refractivity contribution in [1.82, 2.24) is 4.72 Å². The summed E-state index contributed by atoms with van der Waals surface area (Å²) in [5, 5.41) is 0. The molecule has 0 aliphatic carbocycles. The van der Waals surface area contributed by atoms with E-state index in [0.717, 1.165) is 18.2 Å². The van der Waals surface area contributed by atoms with Crippen molar-refractivity contribution in [3.8, 4) is 0 Å². The van der Waals surface area contributed by atoms with E-state index in [1.807, 2.05) is 0 Å². The molecule has 0 heterocycles. The first-order chi connectivity index (χ1) is 12.1. The number of ether oxygens (including phenoxy) is 1. The van der Waals surface area contributed by atoms with Crippen molar-refractivity contribution in [3.63, 3.8) is 0 Å². The van der Waals surface area contributed by atoms with Gasteiger partial charge in [-0.3, -0.25) is 0 Å². The Bertz CT molecular complexity index is 895. The van der Waals surface area contributed by atoms with Crippen LogP contribution in [0.3, 0.4) is 0 Å². The molecule has 0 aromatic heterocycles. The number of hydrogen-bond acceptors (Lipinski definition) is 4. The zero-order chi connectivity index (χ0) is 19.4. The molecule has 0 unspecified atom stereocenters. The van der Waals surface area contributed by atoms with Crippen molar-refractivity contribution < 1.29 is 31.1 Å². The van der Waals surface area contributed by atoms with Crippen LogP contribution in [0.5, 0.6) is 0 Å². The van der Waals surface area contributed by atoms with Crippen LogP contribution in [0, 0.1) is 0 Å². The van der Waals surface area contributed by atoms with Crippen LogP contribution in [0.1, 0.15) is 28.4 Å². The molecule has 0 saturated heterocycles. The normalized spacial score (nSPS) is 12.0. The standard InChI is InChI=1S/C17H16F3NO4S/c1-2-21-26(23,24)15-8-4-6-13(10-15)16(22)25-11-12-5-3-7-14(9-12)17(18,19)20/h3-10,21H,2,11H2,1H3. The van der Waals surface area contributed by atoms with Crippen LogP contribution in [0.2, 0.25) is 0 Å². The lowest BCUT2D eigenvalue weighted by atomic mass is 10.1. The fraction of sp³-hybridized carbons (Fsp3) is 0.235. The van der Waals surface area contributed by atoms with Gasteiger partial charge < -0.3 is 4.74 Å². The summed E-state index contributed by atoms with van der Waals surface area (Å²) in [7, 11) is -3.74. The zero-order valence-electron chi connectivity index (χ0n) is 13.7. The molecule has 0 bridgehead atoms. The first-order valence-electron chi connectivity index (χ1n) is 7.56. The van der Waals surface area contributed by atoms with Gasteiger partial charge >= 0.3 is 12.1 Å². The fourth-order valence-corrected chi connectivity index (χ4v) is 3.22. The van der Waals surface area contributed by atoms with Gasteiger partial charge in [-0.2, -0.15) is 13.2 Å². The van der Waals surface area contributed by atoms with E-state index < -0.39 is 27.7 Å². The molecule has 0 saturated carbocycles. The molecule has 0 aliphatic rings. The molecule has 0 radical (unpaired) electrons. The lowest BCUT2D eigenvalue weighted by Gasteiger charge is -2.10. The smallest absolute Gasteiger partial charge is 0.416 e. The van der Waals surface area contributed by atoms with E-state index >= 15 is 0 Å². The molecule has 0 amide bonds. The molecule has 2 rings (SSSR count). The van der Waals surface area contributed by atoms with Gasteiger partial charge in [0.15, 0.2) is 0 Å². The zero-order valence-corrected chi connectivity index (χ0v) is 14.5. The van der Waals surface area contributed by atoms with Crippen LogP contribution in [0.15, 0.2) is 53.4 Å². The average Bonchev–Trinajstić information content (AvgIpc) is 2.59. The highest BCUT2D eigenvalue weighted by Crippen LogP contribution is 2.29. The van der Waals surface area contributed by atoms with Gasteiger partial charge in [0.25, 0.3) is 0 Å². The van der Waals surface area contributed by atoms with E-state index in [0.29, 0.717) is 0 Å². The molecule has 0 atom stereocenters. The van der Waals surface area contributed by atoms with Crippen LogP contribution >= 0.6 is 0 Å². The summed E-state index contributed by atoms with van der Waals surface area (Å²) >= 11 is 0. The Labute approximate surface area is 148 Å². The van der Waals surface area contributed by atoms with Crippen LogP contribution < -0.4 is 4.72 Å². The van der Waals surface area contributed by atoms with Crippen molar-refractivity contribution in [1.29, 1.82) is 0 Å². The van der Waals surface area contributed by atoms with Gasteiger partial charge in [0, 0.05) is 6.54 Å². The second kappa shape index (κ2) is 7.88. The highest BCUT2D eigenvalue weighted by Gasteiger charge is 2.30. The number of nitrogens with one attached hydrogen (secondary N) is 1. The molecule has 140 valence electrons. The Kier molecular flexibility index (Phi) is 6.04. The number of benzene rings is 2. The quantitative estimate of drug-likeness (QED) is 0.772. The molecule has 9 heteroatoms. The molecule has 2 aromatic rings. The number of halogens is 3. The topological polar surface area (TPSA) is 72.5 Å². The Morgan fingerprint density at radius 2 is 1.81 bits per heavy atom. The number of hydrogen-bond donors (Lipinski definition) is 1. The van der Waals surface area contributed by atoms with Crippen LogP contribution in [-0.4, -0.2) is 20.9 Å². The van der Waals surface area contributed by atoms with E-state index in [1.165, 1.54) is 30.3 Å². The molecule has 1 N–H and O–H groups in total. The Hall–Kier alpha value is -2.39. The van der Waals surface area contributed by atoms with E-state index in [-0.39, 0.29) is 29.2 Å². The van der Waals surface area contributed by atoms with Gasteiger partial charge in [0.2, 0.25) is 10.0 Å². The van der Waals surface area contributed by atoms with Gasteiger partial charge in [-0.1, -0.05) is 25.1 Å². The van der Waals surface area contributed by atoms with E-state index in [1.54, 1.807) is 6.92 Å². The second-order valence-electron chi connectivity index (χ2n) is 5.30. The third-order valence-corrected chi connectivity index (χ3v) is 4.88. The summed E-state index contributed by atoms with van der Waals surface area (Å²) < 4.78 is 69.2. The third kappa shape index (κ3) is 5.06. The van der Waals surface area contributed by atoms with E-state index in [9.17, 15) is 26.4 Å². The summed E-state index contributed by atoms with van der Waals surface area (Å²) in [5.74, 6) is -0.837. The molecule has 0 aliphatic heterocycles. The number of alkyl halides is 3. The molecule has 0 spiro atoms. The lowest BCUT2D eigenvalue weighted by molar-refractivity contribution is -0.137. The van der Waals surface area contributed by atoms with Gasteiger partial charge in [0.05, 0.1) is 16.0 Å². The summed E-state index contributed by atoms with van der Waals surface area (Å²) in [5.41, 5.74) is -0.690. The number of carbonyl (C=O) groups is 1. The van der Waals surface area contributed by atoms with Gasteiger partial charge in [-0.25, -0.2) is 17.9 Å². The summed E-state index contributed by atoms with van der Waals surface area (Å²) in [6.07, 6.45) is -4.49. The molecular weight excluding hydrogens is 371 g/mol. The average molecular weight is 387 g/mol. The molecule has 26 heavy (non-hydrogen) atoms. The number of rotatable bonds is 6. The van der Waals surface area contributed by atoms with Gasteiger partial charge in [-0.15, -0.1) is 0 Å². The molecule has 5 nitrogen and oxygen atoms in total. The predicted octanol–water partition coefficient (Wildman–Crippen LogP) is 3.36. The van der Waals surface area contributed by atoms with Crippen molar-refractivity contribution in [2.75, 3.05) is 6.54 Å². The maximum atomic E-state index is 12.7. The summed E-state index contributed by atoms with van der Waals surface area (Å²) in [6, 6.07) is 9.63. The molecule has 2 aromatic carbocycles. The van der Waals surface area contributed by atoms with Crippen molar-refractivity contribution >= 4 is 16.0 Å². The summed E-state index contributed by atoms with van der Waals surface area (Å²) in [6.45, 7) is 1.43. The Morgan fingerprint density at radius 3 is 2.46 bits per heavy atom. The van der Waals surface area contributed by atoms with E-state index in [2.05, 4.69) is 4.72 Å². The second-order valence-corrected chi connectivity index (χ2v) is 7.07. The minimum atomic E-state index is -4.49. The van der Waals surface area contributed by atoms with Crippen molar-refractivity contribution in [2.24, 2.45) is 0 Å². The number of carbonyl (C=O) groups excluding carboxylic acids is 1. The first-order valence-corrected chi connectivity index (χ1v) is 9.05. The van der Waals surface area contributed by atoms with Gasteiger partial charge in [0.1, 0.15) is 6.61 Å². The van der Waals surface area contributed by atoms with Gasteiger partial charge in [-0.05, 0) is 35.9 Å². The highest BCUT2D eigenvalue weighted by atomic mass is 32.2. The number of sulfonamides is 1. The van der Waals surface area contributed by atoms with E-state index in [4.69, 9.17) is 4.74 Å². The fourth-order valence-electron chi connectivity index (χ4n) is 2.13. The minimum absolute atomic E-state index is 0.0176. The lowest BCUT2D eigenvalue weighted by Crippen LogP contribution is -2.23. The van der Waals surface area contributed by atoms with Crippen molar-refractivity contribution in [3.05, 3.63) is 65.2 Å². The summed E-state index contributed by atoms with van der Waals surface area (Å²) in [4.78, 5) is 12.0. The largest absolute Gasteiger partial charge is 0.457 e. The first kappa shape index (κ1) is 19.9.